The zero-order valence-electron chi connectivity index (χ0n) is 12.3. The van der Waals surface area contributed by atoms with Crippen molar-refractivity contribution in [3.05, 3.63) is 84.9 Å². The molecule has 4 aromatic rings. The van der Waals surface area contributed by atoms with Crippen molar-refractivity contribution in [2.24, 2.45) is 0 Å². The standard InChI is InChI=1S/C20H14O3/c1-3-11-17-15(7-1)9-5-13-19(17)21-23-22-20-14-6-10-16-8-2-4-12-18(16)20/h1-14H. The van der Waals surface area contributed by atoms with Gasteiger partial charge in [0.15, 0.2) is 11.5 Å². The molecule has 4 aromatic carbocycles. The first-order valence-electron chi connectivity index (χ1n) is 7.38. The van der Waals surface area contributed by atoms with Gasteiger partial charge in [0.25, 0.3) is 0 Å². The highest BCUT2D eigenvalue weighted by molar-refractivity contribution is 5.88. The van der Waals surface area contributed by atoms with Gasteiger partial charge in [0.1, 0.15) is 0 Å². The van der Waals surface area contributed by atoms with E-state index in [0.29, 0.717) is 11.5 Å². The first-order chi connectivity index (χ1) is 11.4. The fourth-order valence-electron chi connectivity index (χ4n) is 2.63. The lowest BCUT2D eigenvalue weighted by molar-refractivity contribution is -0.410. The molecule has 0 radical (unpaired) electrons. The third-order valence-electron chi connectivity index (χ3n) is 3.75. The average molecular weight is 302 g/mol. The maximum absolute atomic E-state index is 5.35. The Hall–Kier alpha value is -3.04. The van der Waals surface area contributed by atoms with E-state index in [9.17, 15) is 0 Å². The molecule has 0 atom stereocenters. The lowest BCUT2D eigenvalue weighted by atomic mass is 10.1. The number of hydrogen-bond acceptors (Lipinski definition) is 3. The largest absolute Gasteiger partial charge is 0.299 e. The zero-order chi connectivity index (χ0) is 15.5. The molecule has 0 saturated heterocycles. The van der Waals surface area contributed by atoms with E-state index in [1.807, 2.05) is 84.9 Å². The van der Waals surface area contributed by atoms with E-state index in [1.54, 1.807) is 0 Å². The minimum absolute atomic E-state index is 0.614. The Labute approximate surface area is 133 Å². The quantitative estimate of drug-likeness (QED) is 0.378. The van der Waals surface area contributed by atoms with Gasteiger partial charge in [-0.2, -0.15) is 0 Å². The molecule has 0 unspecified atom stereocenters. The van der Waals surface area contributed by atoms with Crippen LogP contribution in [0.15, 0.2) is 84.9 Å². The molecule has 23 heavy (non-hydrogen) atoms. The van der Waals surface area contributed by atoms with Gasteiger partial charge < -0.3 is 0 Å². The van der Waals surface area contributed by atoms with Crippen LogP contribution in [0, 0.1) is 0 Å². The van der Waals surface area contributed by atoms with Crippen molar-refractivity contribution in [1.29, 1.82) is 0 Å². The second-order valence-electron chi connectivity index (χ2n) is 5.19. The van der Waals surface area contributed by atoms with Gasteiger partial charge in [0, 0.05) is 15.8 Å². The molecule has 112 valence electrons. The highest BCUT2D eigenvalue weighted by Gasteiger charge is 2.05. The van der Waals surface area contributed by atoms with Crippen LogP contribution in [0.2, 0.25) is 0 Å². The lowest BCUT2D eigenvalue weighted by Crippen LogP contribution is -2.02. The Balaban J connectivity index is 1.55. The van der Waals surface area contributed by atoms with Gasteiger partial charge in [-0.15, -0.1) is 0 Å². The molecule has 4 rings (SSSR count). The molecular weight excluding hydrogens is 288 g/mol. The lowest BCUT2D eigenvalue weighted by Gasteiger charge is -2.08. The first kappa shape index (κ1) is 13.6. The summed E-state index contributed by atoms with van der Waals surface area (Å²) in [4.78, 5) is 10.7. The highest BCUT2D eigenvalue weighted by Crippen LogP contribution is 2.27. The molecule has 0 amide bonds. The monoisotopic (exact) mass is 302 g/mol. The van der Waals surface area contributed by atoms with Gasteiger partial charge >= 0.3 is 0 Å². The van der Waals surface area contributed by atoms with E-state index in [2.05, 4.69) is 0 Å². The number of fused-ring (bicyclic) bond motifs is 2. The normalized spacial score (nSPS) is 10.8. The Morgan fingerprint density at radius 1 is 0.435 bits per heavy atom. The van der Waals surface area contributed by atoms with E-state index in [0.717, 1.165) is 21.5 Å². The molecule has 0 saturated carbocycles. The fraction of sp³-hybridized carbons (Fsp3) is 0. The minimum Gasteiger partial charge on any atom is -0.299 e. The Morgan fingerprint density at radius 2 is 0.870 bits per heavy atom. The maximum Gasteiger partial charge on any atom is 0.177 e. The van der Waals surface area contributed by atoms with E-state index in [1.165, 1.54) is 0 Å². The smallest absolute Gasteiger partial charge is 0.177 e. The highest BCUT2D eigenvalue weighted by atomic mass is 17.5. The fourth-order valence-corrected chi connectivity index (χ4v) is 2.63. The molecule has 3 heteroatoms. The SMILES string of the molecule is c1ccc2c(OOOc3cccc4ccccc34)cccc2c1. The van der Waals surface area contributed by atoms with Gasteiger partial charge in [0.2, 0.25) is 0 Å². The summed E-state index contributed by atoms with van der Waals surface area (Å²) in [6.45, 7) is 0. The van der Waals surface area contributed by atoms with E-state index in [4.69, 9.17) is 14.8 Å². The molecule has 0 spiro atoms. The summed E-state index contributed by atoms with van der Waals surface area (Å²) in [5.74, 6) is 1.23. The molecule has 0 heterocycles. The van der Waals surface area contributed by atoms with Crippen LogP contribution in [-0.2, 0) is 5.04 Å². The van der Waals surface area contributed by atoms with E-state index < -0.39 is 0 Å². The van der Waals surface area contributed by atoms with Crippen molar-refractivity contribution >= 4 is 21.5 Å². The third-order valence-corrected chi connectivity index (χ3v) is 3.75. The first-order valence-corrected chi connectivity index (χ1v) is 7.38. The summed E-state index contributed by atoms with van der Waals surface area (Å²) in [5, 5.41) is 9.12. The summed E-state index contributed by atoms with van der Waals surface area (Å²) < 4.78 is 0. The van der Waals surface area contributed by atoms with Crippen molar-refractivity contribution < 1.29 is 14.8 Å². The Morgan fingerprint density at radius 3 is 1.39 bits per heavy atom. The van der Waals surface area contributed by atoms with Gasteiger partial charge in [0.05, 0.1) is 0 Å². The van der Waals surface area contributed by atoms with E-state index in [-0.39, 0.29) is 0 Å². The van der Waals surface area contributed by atoms with Crippen LogP contribution in [-0.4, -0.2) is 0 Å². The average Bonchev–Trinajstić information content (AvgIpc) is 2.62. The summed E-state index contributed by atoms with van der Waals surface area (Å²) in [6.07, 6.45) is 0. The van der Waals surface area contributed by atoms with Crippen molar-refractivity contribution in [3.63, 3.8) is 0 Å². The van der Waals surface area contributed by atoms with Crippen LogP contribution in [0.4, 0.5) is 0 Å². The van der Waals surface area contributed by atoms with Crippen LogP contribution in [0.5, 0.6) is 11.5 Å². The molecule has 3 nitrogen and oxygen atoms in total. The predicted molar refractivity (Wildman–Crippen MR) is 90.2 cm³/mol. The van der Waals surface area contributed by atoms with Crippen molar-refractivity contribution in [3.8, 4) is 11.5 Å². The van der Waals surface area contributed by atoms with Crippen molar-refractivity contribution in [2.45, 2.75) is 0 Å². The van der Waals surface area contributed by atoms with Crippen molar-refractivity contribution in [1.82, 2.24) is 0 Å². The predicted octanol–water partition coefficient (Wildman–Crippen LogP) is 5.30. The molecule has 0 aliphatic carbocycles. The minimum atomic E-state index is 0.614. The van der Waals surface area contributed by atoms with Crippen LogP contribution in [0.25, 0.3) is 21.5 Å². The number of benzene rings is 4. The van der Waals surface area contributed by atoms with Crippen LogP contribution < -0.4 is 9.78 Å². The number of rotatable bonds is 4. The van der Waals surface area contributed by atoms with Gasteiger partial charge in [-0.25, -0.2) is 0 Å². The van der Waals surface area contributed by atoms with Crippen LogP contribution in [0.3, 0.4) is 0 Å². The third kappa shape index (κ3) is 2.70. The molecule has 0 bridgehead atoms. The topological polar surface area (TPSA) is 27.7 Å². The summed E-state index contributed by atoms with van der Waals surface area (Å²) >= 11 is 0. The molecule has 0 aliphatic heterocycles. The van der Waals surface area contributed by atoms with Crippen LogP contribution >= 0.6 is 0 Å². The molecule has 0 fully saturated rings. The molecular formula is C20H14O3. The second kappa shape index (κ2) is 5.99. The Kier molecular flexibility index (Phi) is 3.54. The van der Waals surface area contributed by atoms with Gasteiger partial charge in [-0.1, -0.05) is 72.8 Å². The molecule has 0 N–H and O–H groups in total. The summed E-state index contributed by atoms with van der Waals surface area (Å²) in [7, 11) is 0. The molecule has 0 aliphatic rings. The molecule has 0 aromatic heterocycles. The summed E-state index contributed by atoms with van der Waals surface area (Å²) in [5.41, 5.74) is 0. The number of hydrogen-bond donors (Lipinski definition) is 0. The van der Waals surface area contributed by atoms with Gasteiger partial charge in [-0.3, -0.25) is 9.78 Å². The van der Waals surface area contributed by atoms with Crippen molar-refractivity contribution in [2.75, 3.05) is 0 Å². The van der Waals surface area contributed by atoms with Crippen LogP contribution in [0.1, 0.15) is 0 Å². The zero-order valence-corrected chi connectivity index (χ0v) is 12.3. The van der Waals surface area contributed by atoms with E-state index >= 15 is 0 Å². The Bertz CT molecular complexity index is 873. The maximum atomic E-state index is 5.35. The second-order valence-corrected chi connectivity index (χ2v) is 5.19. The summed E-state index contributed by atoms with van der Waals surface area (Å²) in [6, 6.07) is 27.4. The van der Waals surface area contributed by atoms with Gasteiger partial charge in [-0.05, 0) is 22.9 Å².